The Hall–Kier alpha value is -1.73. The molecule has 0 aromatic carbocycles. The van der Waals surface area contributed by atoms with Gasteiger partial charge in [-0.05, 0) is 25.3 Å². The Morgan fingerprint density at radius 1 is 1.23 bits per heavy atom. The molecule has 3 unspecified atom stereocenters. The van der Waals surface area contributed by atoms with Crippen molar-refractivity contribution in [2.45, 2.75) is 18.9 Å². The van der Waals surface area contributed by atoms with Crippen LogP contribution in [0.15, 0.2) is 22.7 Å². The molecular formula is C19H24N4O2S. The SMILES string of the molecule is O=C(NC1CC2CCN(C2)C1)c1cc2oc(N3CCSCC3)cc2cn1. The van der Waals surface area contributed by atoms with Crippen molar-refractivity contribution in [1.82, 2.24) is 15.2 Å². The molecule has 3 aliphatic heterocycles. The molecule has 0 spiro atoms. The third-order valence-corrected chi connectivity index (χ3v) is 6.69. The molecule has 3 aliphatic rings. The standard InChI is InChI=1S/C19H24N4O2S/c24-19(21-15-7-13-1-2-22(11-13)12-15)16-9-17-14(10-20-16)8-18(25-17)23-3-5-26-6-4-23/h8-10,13,15H,1-7,11-12H2,(H,21,24). The van der Waals surface area contributed by atoms with Gasteiger partial charge in [0.15, 0.2) is 5.88 Å². The second-order valence-corrected chi connectivity index (χ2v) is 8.84. The molecule has 7 heteroatoms. The van der Waals surface area contributed by atoms with Crippen molar-refractivity contribution in [3.8, 4) is 0 Å². The van der Waals surface area contributed by atoms with Gasteiger partial charge < -0.3 is 19.5 Å². The van der Waals surface area contributed by atoms with Gasteiger partial charge in [-0.2, -0.15) is 11.8 Å². The number of hydrogen-bond acceptors (Lipinski definition) is 6. The minimum atomic E-state index is -0.0910. The monoisotopic (exact) mass is 372 g/mol. The second kappa shape index (κ2) is 6.78. The molecule has 5 rings (SSSR count). The molecule has 2 aromatic rings. The number of fused-ring (bicyclic) bond motifs is 3. The van der Waals surface area contributed by atoms with E-state index in [0.717, 1.165) is 60.3 Å². The number of amides is 1. The smallest absolute Gasteiger partial charge is 0.270 e. The normalized spacial score (nSPS) is 28.5. The number of carbonyl (C=O) groups is 1. The summed E-state index contributed by atoms with van der Waals surface area (Å²) in [5, 5.41) is 4.13. The van der Waals surface area contributed by atoms with E-state index in [2.05, 4.69) is 20.1 Å². The Kier molecular flexibility index (Phi) is 4.29. The largest absolute Gasteiger partial charge is 0.440 e. The van der Waals surface area contributed by atoms with Gasteiger partial charge in [0, 0.05) is 67.4 Å². The molecule has 2 aromatic heterocycles. The van der Waals surface area contributed by atoms with Gasteiger partial charge in [-0.25, -0.2) is 0 Å². The number of anilines is 1. The molecular weight excluding hydrogens is 348 g/mol. The topological polar surface area (TPSA) is 61.6 Å². The van der Waals surface area contributed by atoms with E-state index >= 15 is 0 Å². The molecule has 3 fully saturated rings. The van der Waals surface area contributed by atoms with Gasteiger partial charge in [0.25, 0.3) is 5.91 Å². The first-order valence-electron chi connectivity index (χ1n) is 9.50. The zero-order chi connectivity index (χ0) is 17.5. The molecule has 0 radical (unpaired) electrons. The van der Waals surface area contributed by atoms with Crippen LogP contribution in [0.4, 0.5) is 5.88 Å². The fraction of sp³-hybridized carbons (Fsp3) is 0.579. The van der Waals surface area contributed by atoms with Gasteiger partial charge in [-0.1, -0.05) is 0 Å². The van der Waals surface area contributed by atoms with Crippen LogP contribution in [0.5, 0.6) is 0 Å². The summed E-state index contributed by atoms with van der Waals surface area (Å²) in [5.41, 5.74) is 1.19. The number of furan rings is 1. The van der Waals surface area contributed by atoms with E-state index in [1.54, 1.807) is 12.3 Å². The van der Waals surface area contributed by atoms with Gasteiger partial charge >= 0.3 is 0 Å². The summed E-state index contributed by atoms with van der Waals surface area (Å²) in [7, 11) is 0. The Bertz CT molecular complexity index is 805. The molecule has 138 valence electrons. The summed E-state index contributed by atoms with van der Waals surface area (Å²) in [6.45, 7) is 5.34. The predicted molar refractivity (Wildman–Crippen MR) is 104 cm³/mol. The summed E-state index contributed by atoms with van der Waals surface area (Å²) in [6.07, 6.45) is 4.10. The van der Waals surface area contributed by atoms with Gasteiger partial charge in [0.05, 0.1) is 0 Å². The van der Waals surface area contributed by atoms with Crippen molar-refractivity contribution in [2.24, 2.45) is 5.92 Å². The Labute approximate surface area is 157 Å². The average Bonchev–Trinajstić information content (AvgIpc) is 3.24. The summed E-state index contributed by atoms with van der Waals surface area (Å²) in [4.78, 5) is 21.7. The fourth-order valence-corrected chi connectivity index (χ4v) is 5.31. The summed E-state index contributed by atoms with van der Waals surface area (Å²) in [5.74, 6) is 3.79. The summed E-state index contributed by atoms with van der Waals surface area (Å²) >= 11 is 1.98. The fourth-order valence-electron chi connectivity index (χ4n) is 4.41. The highest BCUT2D eigenvalue weighted by Crippen LogP contribution is 2.29. The summed E-state index contributed by atoms with van der Waals surface area (Å²) in [6, 6.07) is 4.05. The molecule has 5 heterocycles. The maximum absolute atomic E-state index is 12.7. The predicted octanol–water partition coefficient (Wildman–Crippen LogP) is 2.21. The van der Waals surface area contributed by atoms with E-state index in [9.17, 15) is 4.79 Å². The quantitative estimate of drug-likeness (QED) is 0.891. The van der Waals surface area contributed by atoms with Crippen molar-refractivity contribution in [3.63, 3.8) is 0 Å². The number of carbonyl (C=O) groups excluding carboxylic acids is 1. The third-order valence-electron chi connectivity index (χ3n) is 5.75. The molecule has 1 amide bonds. The zero-order valence-electron chi connectivity index (χ0n) is 14.8. The minimum absolute atomic E-state index is 0.0910. The number of hydrogen-bond donors (Lipinski definition) is 1. The Balaban J connectivity index is 1.31. The minimum Gasteiger partial charge on any atom is -0.440 e. The van der Waals surface area contributed by atoms with Gasteiger partial charge in [0.2, 0.25) is 0 Å². The molecule has 0 saturated carbocycles. The van der Waals surface area contributed by atoms with Crippen molar-refractivity contribution in [1.29, 1.82) is 0 Å². The summed E-state index contributed by atoms with van der Waals surface area (Å²) < 4.78 is 6.02. The zero-order valence-corrected chi connectivity index (χ0v) is 15.6. The van der Waals surface area contributed by atoms with Crippen LogP contribution < -0.4 is 10.2 Å². The van der Waals surface area contributed by atoms with Crippen LogP contribution in [0, 0.1) is 5.92 Å². The van der Waals surface area contributed by atoms with E-state index in [-0.39, 0.29) is 11.9 Å². The number of nitrogens with zero attached hydrogens (tertiary/aromatic N) is 3. The number of pyridine rings is 1. The van der Waals surface area contributed by atoms with E-state index in [1.165, 1.54) is 19.5 Å². The van der Waals surface area contributed by atoms with E-state index in [4.69, 9.17) is 4.42 Å². The lowest BCUT2D eigenvalue weighted by Gasteiger charge is -2.30. The van der Waals surface area contributed by atoms with Crippen LogP contribution in [0.3, 0.4) is 0 Å². The van der Waals surface area contributed by atoms with Crippen molar-refractivity contribution >= 4 is 34.5 Å². The highest BCUT2D eigenvalue weighted by atomic mass is 32.2. The number of piperidine rings is 1. The molecule has 2 bridgehead atoms. The van der Waals surface area contributed by atoms with Gasteiger partial charge in [0.1, 0.15) is 11.3 Å². The number of nitrogens with one attached hydrogen (secondary N) is 1. The van der Waals surface area contributed by atoms with Gasteiger partial charge in [-0.15, -0.1) is 0 Å². The van der Waals surface area contributed by atoms with Gasteiger partial charge in [-0.3, -0.25) is 9.78 Å². The number of thioether (sulfide) groups is 1. The number of aromatic nitrogens is 1. The highest BCUT2D eigenvalue weighted by Gasteiger charge is 2.33. The van der Waals surface area contributed by atoms with Crippen LogP contribution in [0.25, 0.3) is 11.0 Å². The van der Waals surface area contributed by atoms with E-state index < -0.39 is 0 Å². The molecule has 3 atom stereocenters. The first-order valence-corrected chi connectivity index (χ1v) is 10.7. The molecule has 0 aliphatic carbocycles. The van der Waals surface area contributed by atoms with Crippen molar-refractivity contribution in [2.75, 3.05) is 49.1 Å². The highest BCUT2D eigenvalue weighted by molar-refractivity contribution is 7.99. The van der Waals surface area contributed by atoms with Crippen LogP contribution in [-0.4, -0.2) is 66.1 Å². The van der Waals surface area contributed by atoms with Crippen LogP contribution >= 0.6 is 11.8 Å². The van der Waals surface area contributed by atoms with E-state index in [1.807, 2.05) is 17.8 Å². The lowest BCUT2D eigenvalue weighted by Crippen LogP contribution is -2.47. The second-order valence-electron chi connectivity index (χ2n) is 7.61. The Morgan fingerprint density at radius 3 is 2.96 bits per heavy atom. The van der Waals surface area contributed by atoms with Crippen molar-refractivity contribution < 1.29 is 9.21 Å². The Morgan fingerprint density at radius 2 is 2.12 bits per heavy atom. The molecule has 26 heavy (non-hydrogen) atoms. The first kappa shape index (κ1) is 16.4. The maximum atomic E-state index is 12.7. The van der Waals surface area contributed by atoms with Crippen molar-refractivity contribution in [3.05, 3.63) is 24.0 Å². The van der Waals surface area contributed by atoms with Crippen LogP contribution in [0.1, 0.15) is 23.3 Å². The first-order chi connectivity index (χ1) is 12.7. The molecule has 6 nitrogen and oxygen atoms in total. The maximum Gasteiger partial charge on any atom is 0.270 e. The van der Waals surface area contributed by atoms with E-state index in [0.29, 0.717) is 5.69 Å². The number of rotatable bonds is 3. The lowest BCUT2D eigenvalue weighted by atomic mass is 9.97. The lowest BCUT2D eigenvalue weighted by molar-refractivity contribution is 0.0904. The van der Waals surface area contributed by atoms with Crippen LogP contribution in [-0.2, 0) is 0 Å². The molecule has 3 saturated heterocycles. The molecule has 1 N–H and O–H groups in total. The third kappa shape index (κ3) is 3.18. The van der Waals surface area contributed by atoms with Crippen LogP contribution in [0.2, 0.25) is 0 Å². The average molecular weight is 372 g/mol.